The van der Waals surface area contributed by atoms with E-state index in [9.17, 15) is 9.59 Å². The fraction of sp³-hybridized carbons (Fsp3) is 0.556. The van der Waals surface area contributed by atoms with Gasteiger partial charge in [0.2, 0.25) is 0 Å². The summed E-state index contributed by atoms with van der Waals surface area (Å²) in [6.07, 6.45) is 3.40. The summed E-state index contributed by atoms with van der Waals surface area (Å²) < 4.78 is 4.95. The van der Waals surface area contributed by atoms with E-state index in [0.717, 1.165) is 12.8 Å². The highest BCUT2D eigenvalue weighted by Gasteiger charge is 2.29. The first-order valence-electron chi connectivity index (χ1n) is 7.85. The Balaban J connectivity index is 1.96. The molecule has 1 aromatic rings. The van der Waals surface area contributed by atoms with Crippen LogP contribution < -0.4 is 0 Å². The van der Waals surface area contributed by atoms with E-state index in [1.807, 2.05) is 0 Å². The highest BCUT2D eigenvalue weighted by Crippen LogP contribution is 2.36. The van der Waals surface area contributed by atoms with Crippen molar-refractivity contribution in [2.24, 2.45) is 5.92 Å². The Morgan fingerprint density at radius 3 is 2.90 bits per heavy atom. The lowest BCUT2D eigenvalue weighted by atomic mass is 9.75. The summed E-state index contributed by atoms with van der Waals surface area (Å²) in [6.45, 7) is 4.30. The van der Waals surface area contributed by atoms with Gasteiger partial charge in [-0.2, -0.15) is 0 Å². The van der Waals surface area contributed by atoms with Crippen LogP contribution in [0.3, 0.4) is 0 Å². The topological polar surface area (TPSA) is 43.4 Å². The molecule has 0 spiro atoms. The number of rotatable bonds is 5. The largest absolute Gasteiger partial charge is 0.466 e. The molecule has 2 unspecified atom stereocenters. The molecule has 0 N–H and O–H groups in total. The van der Waals surface area contributed by atoms with E-state index in [0.29, 0.717) is 37.6 Å². The van der Waals surface area contributed by atoms with Crippen molar-refractivity contribution in [2.45, 2.75) is 51.9 Å². The molecule has 114 valence electrons. The van der Waals surface area contributed by atoms with Crippen LogP contribution in [-0.2, 0) is 14.3 Å². The number of aryl methyl sites for hydroxylation is 1. The quantitative estimate of drug-likeness (QED) is 0.774. The summed E-state index contributed by atoms with van der Waals surface area (Å²) in [7, 11) is 0. The minimum Gasteiger partial charge on any atom is -0.466 e. The maximum Gasteiger partial charge on any atom is 0.305 e. The predicted molar refractivity (Wildman–Crippen MR) is 82.1 cm³/mol. The van der Waals surface area contributed by atoms with Gasteiger partial charge in [0, 0.05) is 18.8 Å². The zero-order chi connectivity index (χ0) is 15.2. The van der Waals surface area contributed by atoms with Gasteiger partial charge >= 0.3 is 5.97 Å². The Hall–Kier alpha value is -1.64. The standard InChI is InChI=1S/C18H24O3/c1-3-21-18(20)10-8-16-12-15(7-9-17(16)19)14-6-4-5-13(2)11-14/h4-6,11,15-16H,3,7-10,12H2,1-2H3. The van der Waals surface area contributed by atoms with Crippen LogP contribution in [0.2, 0.25) is 0 Å². The third kappa shape index (κ3) is 4.42. The van der Waals surface area contributed by atoms with Crippen LogP contribution in [0.4, 0.5) is 0 Å². The molecule has 1 fully saturated rings. The Labute approximate surface area is 126 Å². The molecule has 3 heteroatoms. The molecule has 0 aromatic heterocycles. The first-order chi connectivity index (χ1) is 10.1. The fourth-order valence-electron chi connectivity index (χ4n) is 3.14. The molecule has 1 aromatic carbocycles. The predicted octanol–water partition coefficient (Wildman–Crippen LogP) is 3.79. The summed E-state index contributed by atoms with van der Waals surface area (Å²) >= 11 is 0. The number of hydrogen-bond acceptors (Lipinski definition) is 3. The number of Topliss-reactive ketones (excluding diaryl/α,β-unsaturated/α-hetero) is 1. The molecule has 0 radical (unpaired) electrons. The maximum atomic E-state index is 12.1. The van der Waals surface area contributed by atoms with Crippen molar-refractivity contribution >= 4 is 11.8 Å². The Kier molecular flexibility index (Phi) is 5.54. The minimum atomic E-state index is -0.192. The Morgan fingerprint density at radius 2 is 2.19 bits per heavy atom. The van der Waals surface area contributed by atoms with Crippen molar-refractivity contribution in [3.8, 4) is 0 Å². The summed E-state index contributed by atoms with van der Waals surface area (Å²) in [6, 6.07) is 8.53. The summed E-state index contributed by atoms with van der Waals surface area (Å²) in [5, 5.41) is 0. The van der Waals surface area contributed by atoms with Crippen molar-refractivity contribution in [3.05, 3.63) is 35.4 Å². The maximum absolute atomic E-state index is 12.1. The second kappa shape index (κ2) is 7.39. The van der Waals surface area contributed by atoms with E-state index in [-0.39, 0.29) is 11.9 Å². The van der Waals surface area contributed by atoms with Gasteiger partial charge in [-0.15, -0.1) is 0 Å². The van der Waals surface area contributed by atoms with Crippen LogP contribution >= 0.6 is 0 Å². The molecule has 0 amide bonds. The van der Waals surface area contributed by atoms with Crippen LogP contribution in [-0.4, -0.2) is 18.4 Å². The molecule has 2 atom stereocenters. The van der Waals surface area contributed by atoms with Crippen LogP contribution in [0.1, 0.15) is 56.1 Å². The van der Waals surface area contributed by atoms with Crippen molar-refractivity contribution in [2.75, 3.05) is 6.61 Å². The number of ketones is 1. The summed E-state index contributed by atoms with van der Waals surface area (Å²) in [5.41, 5.74) is 2.58. The molecule has 1 aliphatic carbocycles. The smallest absolute Gasteiger partial charge is 0.305 e. The van der Waals surface area contributed by atoms with Crippen LogP contribution in [0, 0.1) is 12.8 Å². The number of carbonyl (C=O) groups excluding carboxylic acids is 2. The van der Waals surface area contributed by atoms with E-state index < -0.39 is 0 Å². The Morgan fingerprint density at radius 1 is 1.38 bits per heavy atom. The normalized spacial score (nSPS) is 22.1. The van der Waals surface area contributed by atoms with Gasteiger partial charge < -0.3 is 4.74 Å². The molecule has 0 saturated heterocycles. The number of benzene rings is 1. The molecule has 0 aliphatic heterocycles. The van der Waals surface area contributed by atoms with Gasteiger partial charge in [0.25, 0.3) is 0 Å². The minimum absolute atomic E-state index is 0.00803. The van der Waals surface area contributed by atoms with Crippen LogP contribution in [0.15, 0.2) is 24.3 Å². The molecule has 0 bridgehead atoms. The third-order valence-corrected chi connectivity index (χ3v) is 4.28. The molecular formula is C18H24O3. The lowest BCUT2D eigenvalue weighted by molar-refractivity contribution is -0.143. The van der Waals surface area contributed by atoms with Gasteiger partial charge in [-0.1, -0.05) is 29.8 Å². The molecule has 0 heterocycles. The lowest BCUT2D eigenvalue weighted by Crippen LogP contribution is -2.25. The SMILES string of the molecule is CCOC(=O)CCC1CC(c2cccc(C)c2)CCC1=O. The second-order valence-electron chi connectivity index (χ2n) is 5.89. The van der Waals surface area contributed by atoms with Gasteiger partial charge in [-0.25, -0.2) is 0 Å². The van der Waals surface area contributed by atoms with Gasteiger partial charge in [0.05, 0.1) is 6.61 Å². The number of carbonyl (C=O) groups is 2. The molecule has 1 saturated carbocycles. The first kappa shape index (κ1) is 15.7. The fourth-order valence-corrected chi connectivity index (χ4v) is 3.14. The van der Waals surface area contributed by atoms with Crippen molar-refractivity contribution in [1.82, 2.24) is 0 Å². The molecule has 21 heavy (non-hydrogen) atoms. The molecule has 1 aliphatic rings. The second-order valence-corrected chi connectivity index (χ2v) is 5.89. The van der Waals surface area contributed by atoms with E-state index in [2.05, 4.69) is 31.2 Å². The highest BCUT2D eigenvalue weighted by atomic mass is 16.5. The van der Waals surface area contributed by atoms with Crippen molar-refractivity contribution < 1.29 is 14.3 Å². The highest BCUT2D eigenvalue weighted by molar-refractivity contribution is 5.82. The van der Waals surface area contributed by atoms with Crippen molar-refractivity contribution in [1.29, 1.82) is 0 Å². The Bertz CT molecular complexity index is 507. The average Bonchev–Trinajstić information content (AvgIpc) is 2.47. The van der Waals surface area contributed by atoms with Gasteiger partial charge in [0.15, 0.2) is 0 Å². The van der Waals surface area contributed by atoms with Crippen LogP contribution in [0.5, 0.6) is 0 Å². The molecular weight excluding hydrogens is 264 g/mol. The molecule has 3 nitrogen and oxygen atoms in total. The molecule has 2 rings (SSSR count). The van der Waals surface area contributed by atoms with E-state index in [1.165, 1.54) is 11.1 Å². The van der Waals surface area contributed by atoms with E-state index in [4.69, 9.17) is 4.74 Å². The number of esters is 1. The van der Waals surface area contributed by atoms with Gasteiger partial charge in [-0.3, -0.25) is 9.59 Å². The number of ether oxygens (including phenoxy) is 1. The van der Waals surface area contributed by atoms with Crippen molar-refractivity contribution in [3.63, 3.8) is 0 Å². The number of hydrogen-bond donors (Lipinski definition) is 0. The van der Waals surface area contributed by atoms with Gasteiger partial charge in [-0.05, 0) is 44.6 Å². The van der Waals surface area contributed by atoms with E-state index >= 15 is 0 Å². The zero-order valence-electron chi connectivity index (χ0n) is 12.9. The zero-order valence-corrected chi connectivity index (χ0v) is 12.9. The monoisotopic (exact) mass is 288 g/mol. The first-order valence-corrected chi connectivity index (χ1v) is 7.85. The summed E-state index contributed by atoms with van der Waals surface area (Å²) in [4.78, 5) is 23.5. The average molecular weight is 288 g/mol. The summed E-state index contributed by atoms with van der Waals surface area (Å²) in [5.74, 6) is 0.564. The van der Waals surface area contributed by atoms with E-state index in [1.54, 1.807) is 6.92 Å². The van der Waals surface area contributed by atoms with Crippen LogP contribution in [0.25, 0.3) is 0 Å². The van der Waals surface area contributed by atoms with Gasteiger partial charge in [0.1, 0.15) is 5.78 Å². The third-order valence-electron chi connectivity index (χ3n) is 4.28. The lowest BCUT2D eigenvalue weighted by Gasteiger charge is -2.28.